The van der Waals surface area contributed by atoms with Gasteiger partial charge in [0.25, 0.3) is 0 Å². The Labute approximate surface area is 120 Å². The smallest absolute Gasteiger partial charge is 0.152 e. The van der Waals surface area contributed by atoms with E-state index in [-0.39, 0.29) is 0 Å². The summed E-state index contributed by atoms with van der Waals surface area (Å²) < 4.78 is 5.73. The van der Waals surface area contributed by atoms with Gasteiger partial charge in [-0.05, 0) is 42.5 Å². The van der Waals surface area contributed by atoms with E-state index in [0.717, 1.165) is 5.56 Å². The molecule has 0 aliphatic rings. The van der Waals surface area contributed by atoms with Gasteiger partial charge in [0.15, 0.2) is 5.58 Å². The number of nitriles is 3. The molecule has 2 aromatic carbocycles. The van der Waals surface area contributed by atoms with Gasteiger partial charge in [0.2, 0.25) is 0 Å². The van der Waals surface area contributed by atoms with Gasteiger partial charge in [-0.3, -0.25) is 0 Å². The number of fused-ring (bicyclic) bond motifs is 1. The molecule has 0 saturated carbocycles. The van der Waals surface area contributed by atoms with Crippen LogP contribution in [0, 0.1) is 34.0 Å². The van der Waals surface area contributed by atoms with E-state index in [9.17, 15) is 0 Å². The van der Waals surface area contributed by atoms with Crippen molar-refractivity contribution in [3.05, 3.63) is 59.2 Å². The predicted molar refractivity (Wildman–Crippen MR) is 75.8 cm³/mol. The molecule has 4 nitrogen and oxygen atoms in total. The highest BCUT2D eigenvalue weighted by atomic mass is 16.3. The Morgan fingerprint density at radius 2 is 1.48 bits per heavy atom. The van der Waals surface area contributed by atoms with Crippen molar-refractivity contribution < 1.29 is 4.42 Å². The standard InChI is InChI=1S/C17H7N3O/c18-8-11-1-3-13(4-2-11)16-7-14-5-12(9-19)6-15(10-20)17(14)21-16/h1-7H. The zero-order valence-electron chi connectivity index (χ0n) is 10.8. The van der Waals surface area contributed by atoms with Crippen molar-refractivity contribution >= 4 is 11.0 Å². The fourth-order valence-corrected chi connectivity index (χ4v) is 2.15. The molecule has 0 bridgehead atoms. The summed E-state index contributed by atoms with van der Waals surface area (Å²) in [5, 5.41) is 27.6. The van der Waals surface area contributed by atoms with E-state index in [1.165, 1.54) is 6.07 Å². The van der Waals surface area contributed by atoms with Crippen molar-refractivity contribution in [3.8, 4) is 29.5 Å². The Hall–Kier alpha value is -3.55. The highest BCUT2D eigenvalue weighted by molar-refractivity contribution is 5.88. The number of hydrogen-bond donors (Lipinski definition) is 0. The lowest BCUT2D eigenvalue weighted by Crippen LogP contribution is -1.79. The quantitative estimate of drug-likeness (QED) is 0.673. The van der Waals surface area contributed by atoms with Crippen molar-refractivity contribution in [1.29, 1.82) is 15.8 Å². The second-order valence-electron chi connectivity index (χ2n) is 4.47. The molecule has 3 aromatic rings. The minimum Gasteiger partial charge on any atom is -0.455 e. The number of nitrogens with zero attached hydrogens (tertiary/aromatic N) is 3. The minimum atomic E-state index is 0.337. The van der Waals surface area contributed by atoms with Gasteiger partial charge in [-0.2, -0.15) is 15.8 Å². The Bertz CT molecular complexity index is 961. The van der Waals surface area contributed by atoms with Crippen molar-refractivity contribution in [2.45, 2.75) is 0 Å². The number of rotatable bonds is 1. The van der Waals surface area contributed by atoms with Gasteiger partial charge in [-0.15, -0.1) is 0 Å². The van der Waals surface area contributed by atoms with Crippen LogP contribution in [0.1, 0.15) is 16.7 Å². The first kappa shape index (κ1) is 12.5. The highest BCUT2D eigenvalue weighted by Gasteiger charge is 2.11. The molecule has 0 N–H and O–H groups in total. The molecule has 0 aliphatic heterocycles. The van der Waals surface area contributed by atoms with E-state index in [2.05, 4.69) is 6.07 Å². The van der Waals surface area contributed by atoms with E-state index in [4.69, 9.17) is 20.2 Å². The zero-order valence-corrected chi connectivity index (χ0v) is 10.8. The normalized spacial score (nSPS) is 9.76. The molecule has 0 spiro atoms. The summed E-state index contributed by atoms with van der Waals surface area (Å²) in [5.41, 5.74) is 2.61. The van der Waals surface area contributed by atoms with Crippen molar-refractivity contribution in [2.75, 3.05) is 0 Å². The predicted octanol–water partition coefficient (Wildman–Crippen LogP) is 3.71. The molecular formula is C17H7N3O. The van der Waals surface area contributed by atoms with E-state index in [1.807, 2.05) is 12.1 Å². The summed E-state index contributed by atoms with van der Waals surface area (Å²) in [6, 6.07) is 18.1. The monoisotopic (exact) mass is 269 g/mol. The van der Waals surface area contributed by atoms with Gasteiger partial charge < -0.3 is 4.42 Å². The van der Waals surface area contributed by atoms with Crippen LogP contribution < -0.4 is 0 Å². The van der Waals surface area contributed by atoms with Crippen LogP contribution in [0.25, 0.3) is 22.3 Å². The molecule has 0 amide bonds. The maximum Gasteiger partial charge on any atom is 0.152 e. The average molecular weight is 269 g/mol. The summed E-state index contributed by atoms with van der Waals surface area (Å²) in [7, 11) is 0. The molecule has 1 heterocycles. The van der Waals surface area contributed by atoms with Crippen LogP contribution in [0.15, 0.2) is 46.9 Å². The average Bonchev–Trinajstić information content (AvgIpc) is 2.97. The second-order valence-corrected chi connectivity index (χ2v) is 4.47. The van der Waals surface area contributed by atoms with E-state index in [0.29, 0.717) is 33.4 Å². The Kier molecular flexibility index (Phi) is 2.88. The third kappa shape index (κ3) is 2.10. The highest BCUT2D eigenvalue weighted by Crippen LogP contribution is 2.30. The first-order valence-corrected chi connectivity index (χ1v) is 6.13. The fraction of sp³-hybridized carbons (Fsp3) is 0. The molecule has 0 radical (unpaired) electrons. The lowest BCUT2D eigenvalue weighted by Gasteiger charge is -1.96. The van der Waals surface area contributed by atoms with Crippen LogP contribution in [0.5, 0.6) is 0 Å². The molecule has 4 heteroatoms. The Morgan fingerprint density at radius 1 is 0.762 bits per heavy atom. The third-order valence-electron chi connectivity index (χ3n) is 3.16. The van der Waals surface area contributed by atoms with Crippen molar-refractivity contribution in [3.63, 3.8) is 0 Å². The third-order valence-corrected chi connectivity index (χ3v) is 3.16. The van der Waals surface area contributed by atoms with Crippen LogP contribution in [-0.2, 0) is 0 Å². The van der Waals surface area contributed by atoms with Crippen LogP contribution in [0.4, 0.5) is 0 Å². The van der Waals surface area contributed by atoms with Gasteiger partial charge in [-0.25, -0.2) is 0 Å². The van der Waals surface area contributed by atoms with E-state index >= 15 is 0 Å². The second kappa shape index (κ2) is 4.85. The zero-order chi connectivity index (χ0) is 14.8. The summed E-state index contributed by atoms with van der Waals surface area (Å²) in [5.74, 6) is 0.598. The molecule has 0 fully saturated rings. The number of furan rings is 1. The molecule has 0 saturated heterocycles. The largest absolute Gasteiger partial charge is 0.455 e. The maximum atomic E-state index is 9.15. The summed E-state index contributed by atoms with van der Waals surface area (Å²) in [6.07, 6.45) is 0. The van der Waals surface area contributed by atoms with Crippen molar-refractivity contribution in [2.24, 2.45) is 0 Å². The fourth-order valence-electron chi connectivity index (χ4n) is 2.15. The molecule has 0 aliphatic carbocycles. The molecule has 1 aromatic heterocycles. The molecule has 0 atom stereocenters. The number of hydrogen-bond acceptors (Lipinski definition) is 4. The summed E-state index contributed by atoms with van der Waals surface area (Å²) >= 11 is 0. The van der Waals surface area contributed by atoms with Crippen LogP contribution in [0.3, 0.4) is 0 Å². The Balaban J connectivity index is 2.19. The number of benzene rings is 2. The molecule has 96 valence electrons. The topological polar surface area (TPSA) is 84.5 Å². The minimum absolute atomic E-state index is 0.337. The maximum absolute atomic E-state index is 9.15. The van der Waals surface area contributed by atoms with Crippen molar-refractivity contribution in [1.82, 2.24) is 0 Å². The first-order valence-electron chi connectivity index (χ1n) is 6.13. The van der Waals surface area contributed by atoms with Crippen LogP contribution in [0.2, 0.25) is 0 Å². The van der Waals surface area contributed by atoms with Gasteiger partial charge >= 0.3 is 0 Å². The molecular weight excluding hydrogens is 262 g/mol. The van der Waals surface area contributed by atoms with E-state index < -0.39 is 0 Å². The van der Waals surface area contributed by atoms with Gasteiger partial charge in [0.1, 0.15) is 11.8 Å². The van der Waals surface area contributed by atoms with Gasteiger partial charge in [0, 0.05) is 10.9 Å². The SMILES string of the molecule is N#Cc1ccc(-c2cc3cc(C#N)cc(C#N)c3o2)cc1. The summed E-state index contributed by atoms with van der Waals surface area (Å²) in [6.45, 7) is 0. The lowest BCUT2D eigenvalue weighted by atomic mass is 10.1. The molecule has 3 rings (SSSR count). The first-order chi connectivity index (χ1) is 10.2. The van der Waals surface area contributed by atoms with E-state index in [1.54, 1.807) is 36.4 Å². The van der Waals surface area contributed by atoms with Crippen LogP contribution >= 0.6 is 0 Å². The summed E-state index contributed by atoms with van der Waals surface area (Å²) in [4.78, 5) is 0. The van der Waals surface area contributed by atoms with Gasteiger partial charge in [-0.1, -0.05) is 0 Å². The van der Waals surface area contributed by atoms with Gasteiger partial charge in [0.05, 0.1) is 28.8 Å². The lowest BCUT2D eigenvalue weighted by molar-refractivity contribution is 0.630. The molecule has 21 heavy (non-hydrogen) atoms. The molecule has 0 unspecified atom stereocenters. The Morgan fingerprint density at radius 3 is 2.10 bits per heavy atom. The van der Waals surface area contributed by atoms with Crippen LogP contribution in [-0.4, -0.2) is 0 Å².